The number of unbranched alkanes of at least 4 members (excludes halogenated alkanes) is 1. The summed E-state index contributed by atoms with van der Waals surface area (Å²) < 4.78 is 0. The number of imidazole rings is 1. The molecule has 2 N–H and O–H groups in total. The maximum Gasteiger partial charge on any atom is 0.104 e. The minimum Gasteiger partial charge on any atom is -0.342 e. The van der Waals surface area contributed by atoms with E-state index in [-0.39, 0.29) is 0 Å². The summed E-state index contributed by atoms with van der Waals surface area (Å²) in [5.74, 6) is 0.944. The average molecular weight is 228 g/mol. The van der Waals surface area contributed by atoms with Crippen molar-refractivity contribution in [3.63, 3.8) is 0 Å². The molecule has 0 aliphatic rings. The summed E-state index contributed by atoms with van der Waals surface area (Å²) in [5.41, 5.74) is 3.33. The topological polar surface area (TPSA) is 64.5 Å². The van der Waals surface area contributed by atoms with E-state index in [1.807, 2.05) is 13.0 Å². The molecule has 1 heterocycles. The molecule has 0 unspecified atom stereocenters. The predicted molar refractivity (Wildman–Crippen MR) is 67.4 cm³/mol. The Kier molecular flexibility index (Phi) is 3.73. The molecule has 2 aromatic rings. The summed E-state index contributed by atoms with van der Waals surface area (Å²) in [6.07, 6.45) is 1.52. The summed E-state index contributed by atoms with van der Waals surface area (Å²) in [6.45, 7) is 3.67. The number of nitrogens with one attached hydrogen (secondary N) is 2. The summed E-state index contributed by atoms with van der Waals surface area (Å²) in [5, 5.41) is 11.7. The second-order valence-corrected chi connectivity index (χ2v) is 4.11. The molecule has 0 amide bonds. The van der Waals surface area contributed by atoms with E-state index in [4.69, 9.17) is 5.26 Å². The van der Waals surface area contributed by atoms with Crippen LogP contribution in [0.5, 0.6) is 0 Å². The van der Waals surface area contributed by atoms with Crippen molar-refractivity contribution in [1.29, 1.82) is 5.26 Å². The lowest BCUT2D eigenvalue weighted by Crippen LogP contribution is -2.14. The largest absolute Gasteiger partial charge is 0.342 e. The zero-order valence-corrected chi connectivity index (χ0v) is 9.95. The van der Waals surface area contributed by atoms with E-state index in [1.165, 1.54) is 5.56 Å². The van der Waals surface area contributed by atoms with Crippen LogP contribution in [0.25, 0.3) is 11.0 Å². The standard InChI is InChI=1S/C13H16N4/c1-10-16-12-5-4-11(8-13(12)17-10)9-15-7-3-2-6-14/h4-5,8,15H,2-3,7,9H2,1H3,(H,16,17). The average Bonchev–Trinajstić information content (AvgIpc) is 2.68. The SMILES string of the molecule is Cc1nc2ccc(CNCCCC#N)cc2[nH]1. The van der Waals surface area contributed by atoms with Gasteiger partial charge in [-0.1, -0.05) is 6.07 Å². The second-order valence-electron chi connectivity index (χ2n) is 4.11. The molecule has 0 atom stereocenters. The predicted octanol–water partition coefficient (Wildman–Crippen LogP) is 2.26. The Labute approximate surface area is 101 Å². The number of aromatic nitrogens is 2. The number of H-pyrrole nitrogens is 1. The third-order valence-corrected chi connectivity index (χ3v) is 2.64. The van der Waals surface area contributed by atoms with Crippen molar-refractivity contribution in [1.82, 2.24) is 15.3 Å². The van der Waals surface area contributed by atoms with Crippen molar-refractivity contribution in [3.05, 3.63) is 29.6 Å². The molecule has 0 spiro atoms. The van der Waals surface area contributed by atoms with E-state index in [0.717, 1.165) is 36.4 Å². The first-order chi connectivity index (χ1) is 8.29. The maximum absolute atomic E-state index is 8.41. The minimum absolute atomic E-state index is 0.617. The van der Waals surface area contributed by atoms with Crippen molar-refractivity contribution in [2.75, 3.05) is 6.54 Å². The van der Waals surface area contributed by atoms with Crippen LogP contribution < -0.4 is 5.32 Å². The lowest BCUT2D eigenvalue weighted by molar-refractivity contribution is 0.658. The lowest BCUT2D eigenvalue weighted by atomic mass is 10.2. The molecule has 0 aliphatic carbocycles. The van der Waals surface area contributed by atoms with Crippen LogP contribution in [0.4, 0.5) is 0 Å². The molecule has 0 saturated carbocycles. The number of aromatic amines is 1. The monoisotopic (exact) mass is 228 g/mol. The van der Waals surface area contributed by atoms with Gasteiger partial charge in [0.25, 0.3) is 0 Å². The lowest BCUT2D eigenvalue weighted by Gasteiger charge is -2.03. The Balaban J connectivity index is 1.93. The summed E-state index contributed by atoms with van der Waals surface area (Å²) in [6, 6.07) is 8.37. The number of fused-ring (bicyclic) bond motifs is 1. The summed E-state index contributed by atoms with van der Waals surface area (Å²) in [7, 11) is 0. The van der Waals surface area contributed by atoms with Crippen molar-refractivity contribution in [3.8, 4) is 6.07 Å². The quantitative estimate of drug-likeness (QED) is 0.771. The molecule has 4 heteroatoms. The van der Waals surface area contributed by atoms with Crippen LogP contribution in [0.2, 0.25) is 0 Å². The minimum atomic E-state index is 0.617. The number of hydrogen-bond acceptors (Lipinski definition) is 3. The van der Waals surface area contributed by atoms with Gasteiger partial charge >= 0.3 is 0 Å². The number of benzene rings is 1. The zero-order chi connectivity index (χ0) is 12.1. The molecule has 0 radical (unpaired) electrons. The molecule has 0 bridgehead atoms. The van der Waals surface area contributed by atoms with E-state index in [0.29, 0.717) is 6.42 Å². The molecule has 0 saturated heterocycles. The van der Waals surface area contributed by atoms with Crippen LogP contribution in [0.3, 0.4) is 0 Å². The fraction of sp³-hybridized carbons (Fsp3) is 0.385. The Hall–Kier alpha value is -1.86. The number of nitrogens with zero attached hydrogens (tertiary/aromatic N) is 2. The van der Waals surface area contributed by atoms with Crippen LogP contribution in [0.15, 0.2) is 18.2 Å². The van der Waals surface area contributed by atoms with Crippen molar-refractivity contribution >= 4 is 11.0 Å². The zero-order valence-electron chi connectivity index (χ0n) is 9.95. The molecule has 0 aliphatic heterocycles. The highest BCUT2D eigenvalue weighted by Gasteiger charge is 2.00. The fourth-order valence-electron chi connectivity index (χ4n) is 1.82. The number of hydrogen-bond donors (Lipinski definition) is 2. The van der Waals surface area contributed by atoms with Crippen LogP contribution >= 0.6 is 0 Å². The van der Waals surface area contributed by atoms with Gasteiger partial charge in [0.1, 0.15) is 5.82 Å². The van der Waals surface area contributed by atoms with Gasteiger partial charge in [-0.3, -0.25) is 0 Å². The molecule has 4 nitrogen and oxygen atoms in total. The van der Waals surface area contributed by atoms with Gasteiger partial charge in [0.05, 0.1) is 17.1 Å². The summed E-state index contributed by atoms with van der Waals surface area (Å²) in [4.78, 5) is 7.59. The number of rotatable bonds is 5. The van der Waals surface area contributed by atoms with Crippen LogP contribution in [-0.4, -0.2) is 16.5 Å². The molecule has 0 fully saturated rings. The van der Waals surface area contributed by atoms with Gasteiger partial charge < -0.3 is 10.3 Å². The molecule has 88 valence electrons. The van der Waals surface area contributed by atoms with Crippen molar-refractivity contribution in [2.45, 2.75) is 26.3 Å². The van der Waals surface area contributed by atoms with E-state index >= 15 is 0 Å². The number of aryl methyl sites for hydroxylation is 1. The maximum atomic E-state index is 8.41. The van der Waals surface area contributed by atoms with Crippen LogP contribution in [0.1, 0.15) is 24.2 Å². The third-order valence-electron chi connectivity index (χ3n) is 2.64. The Bertz CT molecular complexity index is 536. The van der Waals surface area contributed by atoms with Gasteiger partial charge in [0.2, 0.25) is 0 Å². The molecule has 1 aromatic heterocycles. The Morgan fingerprint density at radius 1 is 1.47 bits per heavy atom. The van der Waals surface area contributed by atoms with Crippen LogP contribution in [0, 0.1) is 18.3 Å². The van der Waals surface area contributed by atoms with Gasteiger partial charge in [0, 0.05) is 13.0 Å². The van der Waals surface area contributed by atoms with E-state index in [9.17, 15) is 0 Å². The van der Waals surface area contributed by atoms with Gasteiger partial charge in [0.15, 0.2) is 0 Å². The van der Waals surface area contributed by atoms with E-state index < -0.39 is 0 Å². The highest BCUT2D eigenvalue weighted by Crippen LogP contribution is 2.13. The first kappa shape index (κ1) is 11.6. The third kappa shape index (κ3) is 3.05. The van der Waals surface area contributed by atoms with Crippen LogP contribution in [-0.2, 0) is 6.54 Å². The second kappa shape index (κ2) is 5.46. The molecular formula is C13H16N4. The van der Waals surface area contributed by atoms with Gasteiger partial charge in [-0.15, -0.1) is 0 Å². The Morgan fingerprint density at radius 3 is 3.18 bits per heavy atom. The van der Waals surface area contributed by atoms with Crippen molar-refractivity contribution in [2.24, 2.45) is 0 Å². The first-order valence-electron chi connectivity index (χ1n) is 5.82. The van der Waals surface area contributed by atoms with Gasteiger partial charge in [-0.25, -0.2) is 4.98 Å². The molecule has 17 heavy (non-hydrogen) atoms. The Morgan fingerprint density at radius 2 is 2.35 bits per heavy atom. The molecule has 2 rings (SSSR count). The highest BCUT2D eigenvalue weighted by molar-refractivity contribution is 5.75. The van der Waals surface area contributed by atoms with Crippen molar-refractivity contribution < 1.29 is 0 Å². The molecule has 1 aromatic carbocycles. The van der Waals surface area contributed by atoms with E-state index in [1.54, 1.807) is 0 Å². The summed E-state index contributed by atoms with van der Waals surface area (Å²) >= 11 is 0. The molecular weight excluding hydrogens is 212 g/mol. The fourth-order valence-corrected chi connectivity index (χ4v) is 1.82. The number of nitriles is 1. The highest BCUT2D eigenvalue weighted by atomic mass is 14.9. The van der Waals surface area contributed by atoms with Gasteiger partial charge in [-0.05, 0) is 37.6 Å². The first-order valence-corrected chi connectivity index (χ1v) is 5.82. The smallest absolute Gasteiger partial charge is 0.104 e. The normalized spacial score (nSPS) is 10.6. The van der Waals surface area contributed by atoms with E-state index in [2.05, 4.69) is 33.5 Å². The van der Waals surface area contributed by atoms with Gasteiger partial charge in [-0.2, -0.15) is 5.26 Å².